The number of nitrogens with zero attached hydrogens (tertiary/aromatic N) is 4. The Morgan fingerprint density at radius 1 is 1.25 bits per heavy atom. The molecule has 4 aromatic rings. The fourth-order valence-corrected chi connectivity index (χ4v) is 3.80. The Morgan fingerprint density at radius 3 is 3.00 bits per heavy atom. The van der Waals surface area contributed by atoms with Crippen molar-refractivity contribution in [3.05, 3.63) is 64.9 Å². The van der Waals surface area contributed by atoms with Gasteiger partial charge in [-0.3, -0.25) is 4.57 Å². The van der Waals surface area contributed by atoms with Crippen LogP contribution in [0.15, 0.2) is 63.2 Å². The first-order valence-electron chi connectivity index (χ1n) is 7.38. The summed E-state index contributed by atoms with van der Waals surface area (Å²) in [7, 11) is 0. The number of thioether (sulfide) groups is 1. The van der Waals surface area contributed by atoms with Gasteiger partial charge in [-0.25, -0.2) is 4.98 Å². The highest BCUT2D eigenvalue weighted by molar-refractivity contribution is 7.98. The summed E-state index contributed by atoms with van der Waals surface area (Å²) in [5.41, 5.74) is 3.32. The van der Waals surface area contributed by atoms with Gasteiger partial charge in [-0.1, -0.05) is 35.1 Å². The zero-order chi connectivity index (χ0) is 16.4. The summed E-state index contributed by atoms with van der Waals surface area (Å²) >= 11 is 3.19. The Morgan fingerprint density at radius 2 is 2.17 bits per heavy atom. The number of imidazole rings is 1. The van der Waals surface area contributed by atoms with Crippen LogP contribution in [0.25, 0.3) is 17.1 Å². The first kappa shape index (κ1) is 15.2. The first-order valence-corrected chi connectivity index (χ1v) is 9.31. The van der Waals surface area contributed by atoms with Crippen molar-refractivity contribution >= 4 is 23.1 Å². The van der Waals surface area contributed by atoms with E-state index in [2.05, 4.69) is 38.7 Å². The molecule has 0 spiro atoms. The van der Waals surface area contributed by atoms with E-state index >= 15 is 0 Å². The lowest BCUT2D eigenvalue weighted by Gasteiger charge is -2.09. The average molecular weight is 354 g/mol. The van der Waals surface area contributed by atoms with Crippen LogP contribution >= 0.6 is 23.1 Å². The van der Waals surface area contributed by atoms with Crippen molar-refractivity contribution in [2.24, 2.45) is 0 Å². The molecule has 0 saturated carbocycles. The maximum atomic E-state index is 5.34. The molecule has 0 aliphatic rings. The number of hydrogen-bond acceptors (Lipinski definition) is 6. The molecule has 7 heteroatoms. The Balaban J connectivity index is 1.52. The number of benzene rings is 1. The second kappa shape index (κ2) is 6.62. The van der Waals surface area contributed by atoms with Gasteiger partial charge < -0.3 is 4.52 Å². The second-order valence-corrected chi connectivity index (χ2v) is 6.90. The molecule has 0 saturated heterocycles. The molecular formula is C17H14N4OS2. The Labute approximate surface area is 147 Å². The van der Waals surface area contributed by atoms with Crippen molar-refractivity contribution in [1.82, 2.24) is 19.7 Å². The van der Waals surface area contributed by atoms with E-state index in [1.807, 2.05) is 35.2 Å². The smallest absolute Gasteiger partial charge is 0.237 e. The fourth-order valence-electron chi connectivity index (χ4n) is 2.36. The molecule has 0 bridgehead atoms. The van der Waals surface area contributed by atoms with Crippen LogP contribution in [0.4, 0.5) is 0 Å². The number of aromatic nitrogens is 4. The van der Waals surface area contributed by atoms with Gasteiger partial charge in [0.1, 0.15) is 0 Å². The largest absolute Gasteiger partial charge is 0.338 e. The van der Waals surface area contributed by atoms with Crippen molar-refractivity contribution in [2.75, 3.05) is 0 Å². The molecule has 0 aliphatic carbocycles. The van der Waals surface area contributed by atoms with E-state index in [0.29, 0.717) is 17.5 Å². The van der Waals surface area contributed by atoms with Crippen LogP contribution in [0, 0.1) is 6.92 Å². The van der Waals surface area contributed by atoms with Crippen LogP contribution in [-0.4, -0.2) is 19.7 Å². The molecule has 0 N–H and O–H groups in total. The maximum absolute atomic E-state index is 5.34. The minimum Gasteiger partial charge on any atom is -0.338 e. The summed E-state index contributed by atoms with van der Waals surface area (Å²) in [6, 6.07) is 10.2. The van der Waals surface area contributed by atoms with Gasteiger partial charge in [0.15, 0.2) is 5.16 Å². The second-order valence-electron chi connectivity index (χ2n) is 5.18. The molecule has 0 fully saturated rings. The molecule has 0 radical (unpaired) electrons. The van der Waals surface area contributed by atoms with Gasteiger partial charge in [0.05, 0.1) is 11.4 Å². The van der Waals surface area contributed by atoms with Crippen molar-refractivity contribution in [3.8, 4) is 17.1 Å². The van der Waals surface area contributed by atoms with Crippen molar-refractivity contribution < 1.29 is 4.52 Å². The van der Waals surface area contributed by atoms with Crippen LogP contribution in [0.2, 0.25) is 0 Å². The van der Waals surface area contributed by atoms with Gasteiger partial charge in [-0.15, -0.1) is 0 Å². The lowest BCUT2D eigenvalue weighted by atomic mass is 10.2. The van der Waals surface area contributed by atoms with Gasteiger partial charge in [-0.05, 0) is 30.0 Å². The number of aryl methyl sites for hydroxylation is 1. The molecule has 0 aliphatic heterocycles. The molecule has 0 amide bonds. The highest BCUT2D eigenvalue weighted by Crippen LogP contribution is 2.26. The summed E-state index contributed by atoms with van der Waals surface area (Å²) in [5, 5.41) is 8.94. The molecule has 0 unspecified atom stereocenters. The van der Waals surface area contributed by atoms with Crippen LogP contribution < -0.4 is 0 Å². The minimum atomic E-state index is 0.583. The van der Waals surface area contributed by atoms with Gasteiger partial charge in [-0.2, -0.15) is 16.3 Å². The Hall–Kier alpha value is -2.38. The molecule has 120 valence electrons. The fraction of sp³-hybridized carbons (Fsp3) is 0.118. The van der Waals surface area contributed by atoms with E-state index in [1.165, 1.54) is 5.56 Å². The maximum Gasteiger partial charge on any atom is 0.237 e. The van der Waals surface area contributed by atoms with E-state index in [0.717, 1.165) is 16.4 Å². The quantitative estimate of drug-likeness (QED) is 0.491. The SMILES string of the molecule is Cc1ccccc1-n1ccnc1SCc1nc(-c2ccsc2)no1. The van der Waals surface area contributed by atoms with E-state index in [9.17, 15) is 0 Å². The van der Waals surface area contributed by atoms with Gasteiger partial charge in [0.25, 0.3) is 0 Å². The number of hydrogen-bond donors (Lipinski definition) is 0. The van der Waals surface area contributed by atoms with Gasteiger partial charge >= 0.3 is 0 Å². The topological polar surface area (TPSA) is 56.7 Å². The van der Waals surface area contributed by atoms with Gasteiger partial charge in [0, 0.05) is 23.3 Å². The Kier molecular flexibility index (Phi) is 4.18. The highest BCUT2D eigenvalue weighted by Gasteiger charge is 2.12. The van der Waals surface area contributed by atoms with Gasteiger partial charge in [0.2, 0.25) is 11.7 Å². The lowest BCUT2D eigenvalue weighted by molar-refractivity contribution is 0.391. The van der Waals surface area contributed by atoms with Crippen LogP contribution in [0.5, 0.6) is 0 Å². The van der Waals surface area contributed by atoms with E-state index in [1.54, 1.807) is 29.3 Å². The minimum absolute atomic E-state index is 0.583. The molecule has 24 heavy (non-hydrogen) atoms. The molecule has 1 aromatic carbocycles. The normalized spacial score (nSPS) is 11.0. The molecular weight excluding hydrogens is 340 g/mol. The third-order valence-corrected chi connectivity index (χ3v) is 5.19. The zero-order valence-electron chi connectivity index (χ0n) is 12.9. The summed E-state index contributed by atoms with van der Waals surface area (Å²) in [6.07, 6.45) is 3.77. The molecule has 0 atom stereocenters. The zero-order valence-corrected chi connectivity index (χ0v) is 14.5. The Bertz CT molecular complexity index is 943. The van der Waals surface area contributed by atoms with Crippen molar-refractivity contribution in [1.29, 1.82) is 0 Å². The average Bonchev–Trinajstić information content (AvgIpc) is 3.34. The van der Waals surface area contributed by atoms with E-state index < -0.39 is 0 Å². The summed E-state index contributed by atoms with van der Waals surface area (Å²) in [5.74, 6) is 1.81. The van der Waals surface area contributed by atoms with Crippen LogP contribution in [0.3, 0.4) is 0 Å². The van der Waals surface area contributed by atoms with Crippen LogP contribution in [0.1, 0.15) is 11.5 Å². The highest BCUT2D eigenvalue weighted by atomic mass is 32.2. The summed E-state index contributed by atoms with van der Waals surface area (Å²) in [6.45, 7) is 2.09. The standard InChI is InChI=1S/C17H14N4OS2/c1-12-4-2-3-5-14(12)21-8-7-18-17(21)24-11-15-19-16(20-22-15)13-6-9-23-10-13/h2-10H,11H2,1H3. The van der Waals surface area contributed by atoms with Crippen molar-refractivity contribution in [3.63, 3.8) is 0 Å². The third-order valence-electron chi connectivity index (χ3n) is 3.55. The van der Waals surface area contributed by atoms with E-state index in [-0.39, 0.29) is 0 Å². The van der Waals surface area contributed by atoms with Crippen LogP contribution in [-0.2, 0) is 5.75 Å². The number of rotatable bonds is 5. The predicted molar refractivity (Wildman–Crippen MR) is 95.5 cm³/mol. The number of para-hydroxylation sites is 1. The molecule has 3 heterocycles. The predicted octanol–water partition coefficient (Wildman–Crippen LogP) is 4.58. The summed E-state index contributed by atoms with van der Waals surface area (Å²) in [4.78, 5) is 8.89. The monoisotopic (exact) mass is 354 g/mol. The molecule has 4 rings (SSSR count). The van der Waals surface area contributed by atoms with Crippen molar-refractivity contribution in [2.45, 2.75) is 17.8 Å². The van der Waals surface area contributed by atoms with E-state index in [4.69, 9.17) is 4.52 Å². The number of thiophene rings is 1. The molecule has 3 aromatic heterocycles. The first-order chi connectivity index (χ1) is 11.8. The molecule has 5 nitrogen and oxygen atoms in total. The lowest BCUT2D eigenvalue weighted by Crippen LogP contribution is -1.97. The third kappa shape index (κ3) is 3.00. The summed E-state index contributed by atoms with van der Waals surface area (Å²) < 4.78 is 7.42.